The third-order valence-electron chi connectivity index (χ3n) is 1.73. The summed E-state index contributed by atoms with van der Waals surface area (Å²) < 4.78 is 4.95. The Labute approximate surface area is 115 Å². The van der Waals surface area contributed by atoms with Gasteiger partial charge in [-0.3, -0.25) is 4.79 Å². The maximum absolute atomic E-state index is 11.4. The van der Waals surface area contributed by atoms with E-state index in [-0.39, 0.29) is 17.9 Å². The zero-order valence-corrected chi connectivity index (χ0v) is 12.0. The van der Waals surface area contributed by atoms with Crippen molar-refractivity contribution in [3.05, 3.63) is 0 Å². The van der Waals surface area contributed by atoms with E-state index in [1.165, 1.54) is 0 Å². The van der Waals surface area contributed by atoms with Gasteiger partial charge in [0.15, 0.2) is 0 Å². The number of amides is 1. The first kappa shape index (κ1) is 17.6. The SMILES string of the molecule is CC(C)(C)OC(=O)N[C@@H](CSCCC(=O)O)C(=O)O. The van der Waals surface area contributed by atoms with Gasteiger partial charge in [-0.1, -0.05) is 0 Å². The van der Waals surface area contributed by atoms with Crippen LogP contribution in [0.1, 0.15) is 27.2 Å². The number of ether oxygens (including phenoxy) is 1. The summed E-state index contributed by atoms with van der Waals surface area (Å²) in [4.78, 5) is 32.6. The summed E-state index contributed by atoms with van der Waals surface area (Å²) in [5, 5.41) is 19.6. The number of nitrogens with one attached hydrogen (secondary N) is 1. The predicted octanol–water partition coefficient (Wildman–Crippen LogP) is 1.17. The average Bonchev–Trinajstić information content (AvgIpc) is 2.19. The van der Waals surface area contributed by atoms with Gasteiger partial charge in [0.2, 0.25) is 0 Å². The number of alkyl carbamates (subject to hydrolysis) is 1. The molecule has 0 aliphatic heterocycles. The summed E-state index contributed by atoms with van der Waals surface area (Å²) in [5.41, 5.74) is -0.705. The van der Waals surface area contributed by atoms with E-state index in [1.807, 2.05) is 0 Å². The van der Waals surface area contributed by atoms with Crippen LogP contribution in [-0.2, 0) is 14.3 Å². The Balaban J connectivity index is 4.16. The minimum Gasteiger partial charge on any atom is -0.481 e. The van der Waals surface area contributed by atoms with Crippen LogP contribution in [0.2, 0.25) is 0 Å². The van der Waals surface area contributed by atoms with Gasteiger partial charge in [0.05, 0.1) is 6.42 Å². The maximum atomic E-state index is 11.4. The molecule has 0 heterocycles. The lowest BCUT2D eigenvalue weighted by molar-refractivity contribution is -0.139. The molecule has 0 aromatic carbocycles. The molecule has 0 saturated carbocycles. The average molecular weight is 293 g/mol. The molecule has 0 unspecified atom stereocenters. The number of carboxylic acids is 2. The van der Waals surface area contributed by atoms with Gasteiger partial charge in [-0.15, -0.1) is 0 Å². The summed E-state index contributed by atoms with van der Waals surface area (Å²) in [5.74, 6) is -1.76. The summed E-state index contributed by atoms with van der Waals surface area (Å²) >= 11 is 1.15. The van der Waals surface area contributed by atoms with Crippen LogP contribution in [0.5, 0.6) is 0 Å². The van der Waals surface area contributed by atoms with Crippen molar-refractivity contribution in [1.29, 1.82) is 0 Å². The van der Waals surface area contributed by atoms with Gasteiger partial charge in [-0.2, -0.15) is 11.8 Å². The first-order valence-electron chi connectivity index (χ1n) is 5.63. The molecule has 0 radical (unpaired) electrons. The third-order valence-corrected chi connectivity index (χ3v) is 2.80. The lowest BCUT2D eigenvalue weighted by atomic mass is 10.2. The fourth-order valence-electron chi connectivity index (χ4n) is 0.985. The van der Waals surface area contributed by atoms with Crippen LogP contribution in [0.4, 0.5) is 4.79 Å². The van der Waals surface area contributed by atoms with Crippen molar-refractivity contribution in [3.8, 4) is 0 Å². The second kappa shape index (κ2) is 7.88. The minimum absolute atomic E-state index is 0.0521. The lowest BCUT2D eigenvalue weighted by Crippen LogP contribution is -2.45. The van der Waals surface area contributed by atoms with Crippen molar-refractivity contribution in [1.82, 2.24) is 5.32 Å². The van der Waals surface area contributed by atoms with Crippen molar-refractivity contribution >= 4 is 29.8 Å². The zero-order valence-electron chi connectivity index (χ0n) is 11.1. The van der Waals surface area contributed by atoms with Crippen LogP contribution < -0.4 is 5.32 Å². The largest absolute Gasteiger partial charge is 0.481 e. The second-order valence-corrected chi connectivity index (χ2v) is 5.91. The van der Waals surface area contributed by atoms with Crippen molar-refractivity contribution in [2.75, 3.05) is 11.5 Å². The van der Waals surface area contributed by atoms with E-state index in [2.05, 4.69) is 5.32 Å². The van der Waals surface area contributed by atoms with Crippen molar-refractivity contribution in [2.24, 2.45) is 0 Å². The Morgan fingerprint density at radius 1 is 1.26 bits per heavy atom. The molecular formula is C11H19NO6S. The molecule has 0 bridgehead atoms. The number of carboxylic acid groups (broad SMARTS) is 2. The molecule has 0 saturated heterocycles. The standard InChI is InChI=1S/C11H19NO6S/c1-11(2,3)18-10(17)12-7(9(15)16)6-19-5-4-8(13)14/h7H,4-6H2,1-3H3,(H,12,17)(H,13,14)(H,15,16)/t7-/m0/s1. The quantitative estimate of drug-likeness (QED) is 0.604. The first-order chi connectivity index (χ1) is 8.61. The highest BCUT2D eigenvalue weighted by Crippen LogP contribution is 2.09. The number of rotatable bonds is 7. The predicted molar refractivity (Wildman–Crippen MR) is 70.4 cm³/mol. The van der Waals surface area contributed by atoms with Crippen LogP contribution in [0.3, 0.4) is 0 Å². The molecule has 0 aromatic heterocycles. The van der Waals surface area contributed by atoms with E-state index >= 15 is 0 Å². The molecule has 0 rings (SSSR count). The van der Waals surface area contributed by atoms with Gasteiger partial charge in [0.1, 0.15) is 11.6 Å². The molecule has 0 aromatic rings. The fraction of sp³-hybridized carbons (Fsp3) is 0.727. The summed E-state index contributed by atoms with van der Waals surface area (Å²) in [6, 6.07) is -1.10. The van der Waals surface area contributed by atoms with Gasteiger partial charge < -0.3 is 20.3 Å². The maximum Gasteiger partial charge on any atom is 0.408 e. The van der Waals surface area contributed by atoms with Gasteiger partial charge in [-0.05, 0) is 20.8 Å². The van der Waals surface area contributed by atoms with E-state index in [1.54, 1.807) is 20.8 Å². The molecule has 110 valence electrons. The van der Waals surface area contributed by atoms with E-state index < -0.39 is 29.7 Å². The first-order valence-corrected chi connectivity index (χ1v) is 6.79. The van der Waals surface area contributed by atoms with Crippen LogP contribution in [0.15, 0.2) is 0 Å². The van der Waals surface area contributed by atoms with E-state index in [0.29, 0.717) is 0 Å². The Kier molecular flexibility index (Phi) is 7.28. The number of aliphatic carboxylic acids is 2. The number of hydrogen-bond donors (Lipinski definition) is 3. The molecule has 1 atom stereocenters. The third kappa shape index (κ3) is 10.2. The topological polar surface area (TPSA) is 113 Å². The molecule has 0 spiro atoms. The van der Waals surface area contributed by atoms with Crippen LogP contribution >= 0.6 is 11.8 Å². The minimum atomic E-state index is -1.19. The number of hydrogen-bond acceptors (Lipinski definition) is 5. The molecule has 0 aliphatic carbocycles. The second-order valence-electron chi connectivity index (χ2n) is 4.76. The van der Waals surface area contributed by atoms with Gasteiger partial charge >= 0.3 is 18.0 Å². The van der Waals surface area contributed by atoms with Crippen molar-refractivity contribution in [2.45, 2.75) is 38.8 Å². The number of carbonyl (C=O) groups is 3. The van der Waals surface area contributed by atoms with Gasteiger partial charge in [0.25, 0.3) is 0 Å². The van der Waals surface area contributed by atoms with Gasteiger partial charge in [-0.25, -0.2) is 9.59 Å². The molecule has 7 nitrogen and oxygen atoms in total. The van der Waals surface area contributed by atoms with Crippen molar-refractivity contribution < 1.29 is 29.3 Å². The number of thioether (sulfide) groups is 1. The van der Waals surface area contributed by atoms with Crippen molar-refractivity contribution in [3.63, 3.8) is 0 Å². The Morgan fingerprint density at radius 3 is 2.26 bits per heavy atom. The molecular weight excluding hydrogens is 274 g/mol. The molecule has 0 aliphatic rings. The fourth-order valence-corrected chi connectivity index (χ4v) is 1.93. The Morgan fingerprint density at radius 2 is 1.84 bits per heavy atom. The van der Waals surface area contributed by atoms with E-state index in [4.69, 9.17) is 14.9 Å². The highest BCUT2D eigenvalue weighted by molar-refractivity contribution is 7.99. The molecule has 0 fully saturated rings. The van der Waals surface area contributed by atoms with Crippen LogP contribution in [-0.4, -0.2) is 51.4 Å². The summed E-state index contributed by atoms with van der Waals surface area (Å²) in [7, 11) is 0. The van der Waals surface area contributed by atoms with Crippen LogP contribution in [0, 0.1) is 0 Å². The smallest absolute Gasteiger partial charge is 0.408 e. The highest BCUT2D eigenvalue weighted by Gasteiger charge is 2.23. The van der Waals surface area contributed by atoms with Crippen LogP contribution in [0.25, 0.3) is 0 Å². The lowest BCUT2D eigenvalue weighted by Gasteiger charge is -2.21. The molecule has 3 N–H and O–H groups in total. The molecule has 19 heavy (non-hydrogen) atoms. The normalized spacial score (nSPS) is 12.6. The van der Waals surface area contributed by atoms with E-state index in [0.717, 1.165) is 11.8 Å². The monoisotopic (exact) mass is 293 g/mol. The Hall–Kier alpha value is -1.44. The zero-order chi connectivity index (χ0) is 15.1. The molecule has 1 amide bonds. The summed E-state index contributed by atoms with van der Waals surface area (Å²) in [6.45, 7) is 5.01. The summed E-state index contributed by atoms with van der Waals surface area (Å²) in [6.07, 6.45) is -0.859. The Bertz CT molecular complexity index is 339. The van der Waals surface area contributed by atoms with E-state index in [9.17, 15) is 14.4 Å². The number of carbonyl (C=O) groups excluding carboxylic acids is 1. The molecule has 8 heteroatoms. The highest BCUT2D eigenvalue weighted by atomic mass is 32.2. The van der Waals surface area contributed by atoms with Gasteiger partial charge in [0, 0.05) is 11.5 Å².